The fourth-order valence-electron chi connectivity index (χ4n) is 2.97. The number of hydrogen-bond donors (Lipinski definition) is 1. The number of nitrogen functional groups attached to an aromatic ring is 1. The number of hydrogen-bond acceptors (Lipinski definition) is 3. The van der Waals surface area contributed by atoms with Crippen molar-refractivity contribution in [3.63, 3.8) is 0 Å². The molecule has 0 aliphatic carbocycles. The molecule has 1 aromatic carbocycles. The van der Waals surface area contributed by atoms with Crippen molar-refractivity contribution in [2.24, 2.45) is 0 Å². The summed E-state index contributed by atoms with van der Waals surface area (Å²) in [6.45, 7) is 5.45. The van der Waals surface area contributed by atoms with E-state index in [1.807, 2.05) is 16.9 Å². The largest absolute Gasteiger partial charge is 0.382 e. The van der Waals surface area contributed by atoms with Crippen molar-refractivity contribution >= 4 is 5.82 Å². The minimum atomic E-state index is 0.501. The van der Waals surface area contributed by atoms with Crippen molar-refractivity contribution in [2.45, 2.75) is 32.4 Å². The Bertz CT molecular complexity index is 567. The molecule has 0 radical (unpaired) electrons. The van der Waals surface area contributed by atoms with Crippen LogP contribution >= 0.6 is 0 Å². The fraction of sp³-hybridized carbons (Fsp3) is 0.438. The monoisotopic (exact) mass is 270 g/mol. The van der Waals surface area contributed by atoms with Crippen LogP contribution in [-0.2, 0) is 6.54 Å². The number of piperidine rings is 1. The number of nitrogens with two attached hydrogens (primary N) is 1. The minimum absolute atomic E-state index is 0.501. The van der Waals surface area contributed by atoms with Crippen LogP contribution in [0.3, 0.4) is 0 Å². The Kier molecular flexibility index (Phi) is 3.74. The van der Waals surface area contributed by atoms with Gasteiger partial charge in [-0.05, 0) is 31.4 Å². The Morgan fingerprint density at radius 2 is 2.05 bits per heavy atom. The highest BCUT2D eigenvalue weighted by Crippen LogP contribution is 2.23. The quantitative estimate of drug-likeness (QED) is 0.932. The first-order valence-corrected chi connectivity index (χ1v) is 7.29. The topological polar surface area (TPSA) is 47.1 Å². The number of likely N-dealkylation sites (tertiary alicyclic amines) is 1. The summed E-state index contributed by atoms with van der Waals surface area (Å²) in [7, 11) is 0. The standard InChI is InChI=1S/C16H22N4/c1-13-3-2-4-14(11-13)12-19-8-5-15(6-9-19)20-10-7-16(17)18-20/h2-4,7,10-11,15H,5-6,8-9,12H2,1H3,(H2,17,18). The van der Waals surface area contributed by atoms with E-state index in [0.717, 1.165) is 32.5 Å². The Morgan fingerprint density at radius 1 is 1.25 bits per heavy atom. The summed E-state index contributed by atoms with van der Waals surface area (Å²) >= 11 is 0. The van der Waals surface area contributed by atoms with Gasteiger partial charge in [-0.3, -0.25) is 9.58 Å². The third-order valence-electron chi connectivity index (χ3n) is 4.05. The maximum Gasteiger partial charge on any atom is 0.145 e. The van der Waals surface area contributed by atoms with Crippen molar-refractivity contribution in [1.82, 2.24) is 14.7 Å². The summed E-state index contributed by atoms with van der Waals surface area (Å²) < 4.78 is 2.03. The second-order valence-corrected chi connectivity index (χ2v) is 5.72. The molecule has 1 fully saturated rings. The molecule has 0 unspecified atom stereocenters. The van der Waals surface area contributed by atoms with E-state index in [1.54, 1.807) is 0 Å². The molecule has 0 bridgehead atoms. The molecule has 2 N–H and O–H groups in total. The van der Waals surface area contributed by atoms with E-state index >= 15 is 0 Å². The first kappa shape index (κ1) is 13.2. The molecule has 0 amide bonds. The van der Waals surface area contributed by atoms with E-state index in [0.29, 0.717) is 11.9 Å². The van der Waals surface area contributed by atoms with Gasteiger partial charge in [-0.1, -0.05) is 29.8 Å². The number of rotatable bonds is 3. The van der Waals surface area contributed by atoms with E-state index in [4.69, 9.17) is 5.73 Å². The third kappa shape index (κ3) is 3.02. The summed E-state index contributed by atoms with van der Waals surface area (Å²) in [5.41, 5.74) is 8.43. The zero-order chi connectivity index (χ0) is 13.9. The third-order valence-corrected chi connectivity index (χ3v) is 4.05. The Morgan fingerprint density at radius 3 is 2.70 bits per heavy atom. The molecule has 106 valence electrons. The maximum absolute atomic E-state index is 5.69. The maximum atomic E-state index is 5.69. The van der Waals surface area contributed by atoms with Crippen molar-refractivity contribution in [3.05, 3.63) is 47.7 Å². The van der Waals surface area contributed by atoms with Gasteiger partial charge in [-0.15, -0.1) is 0 Å². The van der Waals surface area contributed by atoms with Crippen LogP contribution in [-0.4, -0.2) is 27.8 Å². The molecule has 0 atom stereocenters. The second-order valence-electron chi connectivity index (χ2n) is 5.72. The summed E-state index contributed by atoms with van der Waals surface area (Å²) in [5, 5.41) is 4.33. The van der Waals surface area contributed by atoms with Gasteiger partial charge in [-0.25, -0.2) is 0 Å². The van der Waals surface area contributed by atoms with Crippen LogP contribution in [0.1, 0.15) is 30.0 Å². The van der Waals surface area contributed by atoms with Crippen molar-refractivity contribution in [3.8, 4) is 0 Å². The molecular formula is C16H22N4. The molecule has 0 spiro atoms. The number of benzene rings is 1. The van der Waals surface area contributed by atoms with E-state index < -0.39 is 0 Å². The smallest absolute Gasteiger partial charge is 0.145 e. The molecule has 2 aromatic rings. The first-order valence-electron chi connectivity index (χ1n) is 7.29. The van der Waals surface area contributed by atoms with Crippen LogP contribution in [0.4, 0.5) is 5.82 Å². The molecule has 4 heteroatoms. The zero-order valence-corrected chi connectivity index (χ0v) is 12.0. The van der Waals surface area contributed by atoms with Gasteiger partial charge in [0, 0.05) is 25.8 Å². The van der Waals surface area contributed by atoms with Crippen LogP contribution < -0.4 is 5.73 Å². The molecule has 3 rings (SSSR count). The van der Waals surface area contributed by atoms with Gasteiger partial charge in [0.25, 0.3) is 0 Å². The zero-order valence-electron chi connectivity index (χ0n) is 12.0. The summed E-state index contributed by atoms with van der Waals surface area (Å²) in [5.74, 6) is 0.618. The lowest BCUT2D eigenvalue weighted by molar-refractivity contribution is 0.173. The summed E-state index contributed by atoms with van der Waals surface area (Å²) in [6.07, 6.45) is 4.29. The van der Waals surface area contributed by atoms with Gasteiger partial charge in [-0.2, -0.15) is 5.10 Å². The second kappa shape index (κ2) is 5.67. The van der Waals surface area contributed by atoms with Crippen LogP contribution in [0.2, 0.25) is 0 Å². The highest BCUT2D eigenvalue weighted by Gasteiger charge is 2.20. The van der Waals surface area contributed by atoms with Crippen LogP contribution in [0.25, 0.3) is 0 Å². The van der Waals surface area contributed by atoms with Crippen molar-refractivity contribution < 1.29 is 0 Å². The van der Waals surface area contributed by atoms with Crippen LogP contribution in [0, 0.1) is 6.92 Å². The lowest BCUT2D eigenvalue weighted by Gasteiger charge is -2.32. The molecule has 0 saturated carbocycles. The minimum Gasteiger partial charge on any atom is -0.382 e. The normalized spacial score (nSPS) is 17.4. The Labute approximate surface area is 120 Å². The average Bonchev–Trinajstić information content (AvgIpc) is 2.86. The average molecular weight is 270 g/mol. The fourth-order valence-corrected chi connectivity index (χ4v) is 2.97. The number of aryl methyl sites for hydroxylation is 1. The van der Waals surface area contributed by atoms with Gasteiger partial charge >= 0.3 is 0 Å². The summed E-state index contributed by atoms with van der Waals surface area (Å²) in [6, 6.07) is 11.2. The molecule has 20 heavy (non-hydrogen) atoms. The predicted molar refractivity (Wildman–Crippen MR) is 81.4 cm³/mol. The molecule has 1 aromatic heterocycles. The Balaban J connectivity index is 1.56. The molecule has 1 saturated heterocycles. The highest BCUT2D eigenvalue weighted by atomic mass is 15.3. The first-order chi connectivity index (χ1) is 9.70. The van der Waals surface area contributed by atoms with E-state index in [9.17, 15) is 0 Å². The highest BCUT2D eigenvalue weighted by molar-refractivity contribution is 5.24. The summed E-state index contributed by atoms with van der Waals surface area (Å²) in [4.78, 5) is 2.53. The van der Waals surface area contributed by atoms with Crippen LogP contribution in [0.15, 0.2) is 36.5 Å². The Hall–Kier alpha value is -1.81. The molecular weight excluding hydrogens is 248 g/mol. The predicted octanol–water partition coefficient (Wildman–Crippen LogP) is 2.61. The van der Waals surface area contributed by atoms with E-state index in [1.165, 1.54) is 11.1 Å². The lowest BCUT2D eigenvalue weighted by atomic mass is 10.0. The molecule has 1 aliphatic heterocycles. The van der Waals surface area contributed by atoms with Gasteiger partial charge in [0.15, 0.2) is 0 Å². The number of aromatic nitrogens is 2. The molecule has 4 nitrogen and oxygen atoms in total. The molecule has 1 aliphatic rings. The van der Waals surface area contributed by atoms with Crippen molar-refractivity contribution in [2.75, 3.05) is 18.8 Å². The van der Waals surface area contributed by atoms with Gasteiger partial charge in [0.05, 0.1) is 6.04 Å². The van der Waals surface area contributed by atoms with Gasteiger partial charge in [0.1, 0.15) is 5.82 Å². The number of anilines is 1. The van der Waals surface area contributed by atoms with Gasteiger partial charge in [0.2, 0.25) is 0 Å². The number of nitrogens with zero attached hydrogens (tertiary/aromatic N) is 3. The van der Waals surface area contributed by atoms with E-state index in [-0.39, 0.29) is 0 Å². The van der Waals surface area contributed by atoms with E-state index in [2.05, 4.69) is 41.2 Å². The lowest BCUT2D eigenvalue weighted by Crippen LogP contribution is -2.34. The molecule has 2 heterocycles. The van der Waals surface area contributed by atoms with Crippen LogP contribution in [0.5, 0.6) is 0 Å². The van der Waals surface area contributed by atoms with Gasteiger partial charge < -0.3 is 5.73 Å². The van der Waals surface area contributed by atoms with Crippen molar-refractivity contribution in [1.29, 1.82) is 0 Å². The SMILES string of the molecule is Cc1cccc(CN2CCC(n3ccc(N)n3)CC2)c1.